The number of anilines is 1. The lowest BCUT2D eigenvalue weighted by atomic mass is 10.1. The molecule has 0 aromatic heterocycles. The topological polar surface area (TPSA) is 74.7 Å². The van der Waals surface area contributed by atoms with Crippen molar-refractivity contribution in [2.75, 3.05) is 4.90 Å². The first-order chi connectivity index (χ1) is 8.50. The van der Waals surface area contributed by atoms with E-state index < -0.39 is 12.0 Å². The van der Waals surface area contributed by atoms with Crippen LogP contribution in [0.5, 0.6) is 0 Å². The van der Waals surface area contributed by atoms with Crippen LogP contribution in [0.4, 0.5) is 5.69 Å². The molecule has 1 heterocycles. The van der Waals surface area contributed by atoms with Gasteiger partial charge in [-0.15, -0.1) is 0 Å². The SMILES string of the molecule is CC(=O)c1cccc(N2C(=O)CCC2C(=O)O)c1. The van der Waals surface area contributed by atoms with E-state index in [2.05, 4.69) is 0 Å². The summed E-state index contributed by atoms with van der Waals surface area (Å²) in [5.74, 6) is -1.35. The number of carbonyl (C=O) groups excluding carboxylic acids is 2. The molecule has 1 unspecified atom stereocenters. The predicted octanol–water partition coefficient (Wildman–Crippen LogP) is 1.47. The lowest BCUT2D eigenvalue weighted by Gasteiger charge is -2.22. The molecule has 0 saturated carbocycles. The van der Waals surface area contributed by atoms with Gasteiger partial charge in [-0.1, -0.05) is 12.1 Å². The number of ketones is 1. The molecule has 2 rings (SSSR count). The van der Waals surface area contributed by atoms with E-state index in [0.29, 0.717) is 17.7 Å². The van der Waals surface area contributed by atoms with Gasteiger partial charge in [0.25, 0.3) is 0 Å². The molecule has 1 saturated heterocycles. The highest BCUT2D eigenvalue weighted by Crippen LogP contribution is 2.27. The molecular weight excluding hydrogens is 234 g/mol. The first-order valence-corrected chi connectivity index (χ1v) is 5.66. The van der Waals surface area contributed by atoms with Crippen molar-refractivity contribution in [3.05, 3.63) is 29.8 Å². The fraction of sp³-hybridized carbons (Fsp3) is 0.308. The van der Waals surface area contributed by atoms with E-state index in [1.165, 1.54) is 11.8 Å². The molecule has 1 aliphatic heterocycles. The fourth-order valence-corrected chi connectivity index (χ4v) is 2.12. The van der Waals surface area contributed by atoms with Crippen molar-refractivity contribution in [2.45, 2.75) is 25.8 Å². The molecule has 18 heavy (non-hydrogen) atoms. The number of amides is 1. The predicted molar refractivity (Wildman–Crippen MR) is 64.6 cm³/mol. The molecule has 1 N–H and O–H groups in total. The summed E-state index contributed by atoms with van der Waals surface area (Å²) in [5, 5.41) is 9.08. The van der Waals surface area contributed by atoms with Gasteiger partial charge in [-0.25, -0.2) is 4.79 Å². The quantitative estimate of drug-likeness (QED) is 0.821. The summed E-state index contributed by atoms with van der Waals surface area (Å²) >= 11 is 0. The number of hydrogen-bond acceptors (Lipinski definition) is 3. The van der Waals surface area contributed by atoms with Gasteiger partial charge in [-0.2, -0.15) is 0 Å². The zero-order valence-electron chi connectivity index (χ0n) is 9.92. The highest BCUT2D eigenvalue weighted by atomic mass is 16.4. The van der Waals surface area contributed by atoms with E-state index >= 15 is 0 Å². The summed E-state index contributed by atoms with van der Waals surface area (Å²) in [5.41, 5.74) is 0.939. The standard InChI is InChI=1S/C13H13NO4/c1-8(15)9-3-2-4-10(7-9)14-11(13(17)18)5-6-12(14)16/h2-4,7,11H,5-6H2,1H3,(H,17,18). The van der Waals surface area contributed by atoms with Crippen LogP contribution in [0.2, 0.25) is 0 Å². The van der Waals surface area contributed by atoms with Gasteiger partial charge in [0.1, 0.15) is 6.04 Å². The van der Waals surface area contributed by atoms with E-state index in [4.69, 9.17) is 5.11 Å². The first kappa shape index (κ1) is 12.3. The second kappa shape index (κ2) is 4.60. The van der Waals surface area contributed by atoms with Crippen LogP contribution in [0, 0.1) is 0 Å². The van der Waals surface area contributed by atoms with E-state index in [1.807, 2.05) is 0 Å². The van der Waals surface area contributed by atoms with Crippen LogP contribution in [0.1, 0.15) is 30.1 Å². The van der Waals surface area contributed by atoms with Crippen LogP contribution in [-0.2, 0) is 9.59 Å². The van der Waals surface area contributed by atoms with E-state index in [1.54, 1.807) is 24.3 Å². The van der Waals surface area contributed by atoms with Crippen LogP contribution in [0.25, 0.3) is 0 Å². The molecule has 1 aromatic carbocycles. The number of benzene rings is 1. The average molecular weight is 247 g/mol. The second-order valence-corrected chi connectivity index (χ2v) is 4.26. The van der Waals surface area contributed by atoms with E-state index in [0.717, 1.165) is 0 Å². The van der Waals surface area contributed by atoms with E-state index in [9.17, 15) is 14.4 Å². The summed E-state index contributed by atoms with van der Waals surface area (Å²) in [6, 6.07) is 5.66. The van der Waals surface area contributed by atoms with Crippen molar-refractivity contribution >= 4 is 23.3 Å². The van der Waals surface area contributed by atoms with Crippen molar-refractivity contribution in [1.29, 1.82) is 0 Å². The first-order valence-electron chi connectivity index (χ1n) is 5.66. The van der Waals surface area contributed by atoms with Crippen LogP contribution < -0.4 is 4.90 Å². The van der Waals surface area contributed by atoms with Crippen molar-refractivity contribution in [1.82, 2.24) is 0 Å². The van der Waals surface area contributed by atoms with Gasteiger partial charge >= 0.3 is 5.97 Å². The van der Waals surface area contributed by atoms with Crippen molar-refractivity contribution < 1.29 is 19.5 Å². The minimum absolute atomic E-state index is 0.115. The monoisotopic (exact) mass is 247 g/mol. The molecule has 0 aliphatic carbocycles. The van der Waals surface area contributed by atoms with E-state index in [-0.39, 0.29) is 18.1 Å². The van der Waals surface area contributed by atoms with Crippen LogP contribution in [0.3, 0.4) is 0 Å². The van der Waals surface area contributed by atoms with Crippen molar-refractivity contribution in [3.8, 4) is 0 Å². The molecule has 5 heteroatoms. The summed E-state index contributed by atoms with van der Waals surface area (Å²) in [6.45, 7) is 1.43. The number of carboxylic acid groups (broad SMARTS) is 1. The Kier molecular flexibility index (Phi) is 3.14. The number of Topliss-reactive ketones (excluding diaryl/α,β-unsaturated/α-hetero) is 1. The molecule has 94 valence electrons. The maximum atomic E-state index is 11.7. The number of nitrogens with zero attached hydrogens (tertiary/aromatic N) is 1. The fourth-order valence-electron chi connectivity index (χ4n) is 2.12. The largest absolute Gasteiger partial charge is 0.480 e. The minimum Gasteiger partial charge on any atom is -0.480 e. The number of rotatable bonds is 3. The highest BCUT2D eigenvalue weighted by Gasteiger charge is 2.37. The normalized spacial score (nSPS) is 19.1. The molecule has 1 amide bonds. The smallest absolute Gasteiger partial charge is 0.326 e. The van der Waals surface area contributed by atoms with Crippen molar-refractivity contribution in [2.24, 2.45) is 0 Å². The third-order valence-corrected chi connectivity index (χ3v) is 3.03. The average Bonchev–Trinajstić information content (AvgIpc) is 2.71. The van der Waals surface area contributed by atoms with Gasteiger partial charge < -0.3 is 5.11 Å². The molecule has 5 nitrogen and oxygen atoms in total. The second-order valence-electron chi connectivity index (χ2n) is 4.26. The number of aliphatic carboxylic acids is 1. The summed E-state index contributed by atoms with van der Waals surface area (Å²) in [4.78, 5) is 35.4. The zero-order valence-corrected chi connectivity index (χ0v) is 9.92. The van der Waals surface area contributed by atoms with Gasteiger partial charge in [-0.3, -0.25) is 14.5 Å². The third-order valence-electron chi connectivity index (χ3n) is 3.03. The Labute approximate surface area is 104 Å². The van der Waals surface area contributed by atoms with Gasteiger partial charge in [0.15, 0.2) is 5.78 Å². The minimum atomic E-state index is -1.02. The lowest BCUT2D eigenvalue weighted by molar-refractivity contribution is -0.138. The van der Waals surface area contributed by atoms with Gasteiger partial charge in [-0.05, 0) is 25.5 Å². The molecule has 0 radical (unpaired) electrons. The number of carboxylic acids is 1. The molecule has 1 fully saturated rings. The molecule has 1 aromatic rings. The van der Waals surface area contributed by atoms with Crippen LogP contribution in [-0.4, -0.2) is 28.8 Å². The Hall–Kier alpha value is -2.17. The maximum Gasteiger partial charge on any atom is 0.326 e. The zero-order chi connectivity index (χ0) is 13.3. The molecule has 1 atom stereocenters. The lowest BCUT2D eigenvalue weighted by Crippen LogP contribution is -2.38. The molecular formula is C13H13NO4. The van der Waals surface area contributed by atoms with Gasteiger partial charge in [0, 0.05) is 17.7 Å². The van der Waals surface area contributed by atoms with Gasteiger partial charge in [0.05, 0.1) is 0 Å². The summed E-state index contributed by atoms with van der Waals surface area (Å²) < 4.78 is 0. The molecule has 0 bridgehead atoms. The Morgan fingerprint density at radius 2 is 2.11 bits per heavy atom. The Bertz CT molecular complexity index is 523. The Morgan fingerprint density at radius 3 is 2.72 bits per heavy atom. The Balaban J connectivity index is 2.40. The molecule has 1 aliphatic rings. The summed E-state index contributed by atoms with van der Waals surface area (Å²) in [7, 11) is 0. The summed E-state index contributed by atoms with van der Waals surface area (Å²) in [6.07, 6.45) is 0.528. The number of carbonyl (C=O) groups is 3. The Morgan fingerprint density at radius 1 is 1.39 bits per heavy atom. The van der Waals surface area contributed by atoms with Gasteiger partial charge in [0.2, 0.25) is 5.91 Å². The highest BCUT2D eigenvalue weighted by molar-refractivity contribution is 6.03. The van der Waals surface area contributed by atoms with Crippen LogP contribution >= 0.6 is 0 Å². The molecule has 0 spiro atoms. The third kappa shape index (κ3) is 2.11. The number of hydrogen-bond donors (Lipinski definition) is 1. The van der Waals surface area contributed by atoms with Crippen LogP contribution in [0.15, 0.2) is 24.3 Å². The van der Waals surface area contributed by atoms with Crippen molar-refractivity contribution in [3.63, 3.8) is 0 Å². The maximum absolute atomic E-state index is 11.7.